The Hall–Kier alpha value is -0.770. The summed E-state index contributed by atoms with van der Waals surface area (Å²) in [5.74, 6) is 0. The van der Waals surface area contributed by atoms with Gasteiger partial charge in [-0.15, -0.1) is 0 Å². The maximum absolute atomic E-state index is 6.24. The van der Waals surface area contributed by atoms with Crippen LogP contribution < -0.4 is 0 Å². The van der Waals surface area contributed by atoms with E-state index in [9.17, 15) is 0 Å². The summed E-state index contributed by atoms with van der Waals surface area (Å²) in [4.78, 5) is 2.99. The Morgan fingerprint density at radius 2 is 2.50 bits per heavy atom. The Morgan fingerprint density at radius 3 is 2.67 bits per heavy atom. The molecule has 0 aliphatic heterocycles. The van der Waals surface area contributed by atoms with Crippen LogP contribution in [0.25, 0.3) is 4.85 Å². The Bertz CT molecular complexity index is 76.4. The van der Waals surface area contributed by atoms with Gasteiger partial charge in [0.05, 0.1) is 6.57 Å². The minimum Gasteiger partial charge on any atom is -0.246 e. The van der Waals surface area contributed by atoms with E-state index >= 15 is 0 Å². The van der Waals surface area contributed by atoms with Gasteiger partial charge in [0.25, 0.3) is 0 Å². The molecule has 0 aliphatic rings. The van der Waals surface area contributed by atoms with Gasteiger partial charge in [0.2, 0.25) is 0 Å². The third-order valence-electron chi connectivity index (χ3n) is 0.416. The summed E-state index contributed by atoms with van der Waals surface area (Å²) in [7, 11) is 0. The topological polar surface area (TPSA) is 4.36 Å². The van der Waals surface area contributed by atoms with Crippen LogP contribution in [0.1, 0.15) is 13.3 Å². The molecule has 0 amide bonds. The lowest BCUT2D eigenvalue weighted by molar-refractivity contribution is 1.22. The molecule has 0 N–H and O–H groups in total. The van der Waals surface area contributed by atoms with E-state index < -0.39 is 0 Å². The summed E-state index contributed by atoms with van der Waals surface area (Å²) < 4.78 is 0. The zero-order valence-electron chi connectivity index (χ0n) is 3.81. The van der Waals surface area contributed by atoms with Crippen molar-refractivity contribution in [1.82, 2.24) is 0 Å². The third kappa shape index (κ3) is 3.23. The zero-order chi connectivity index (χ0) is 4.83. The first-order valence-corrected chi connectivity index (χ1v) is 1.93. The maximum Gasteiger partial charge on any atom is 0.150 e. The SMILES string of the molecule is [C-]#[N+]/C=C\CC. The first kappa shape index (κ1) is 5.23. The van der Waals surface area contributed by atoms with Gasteiger partial charge < -0.3 is 0 Å². The first-order valence-electron chi connectivity index (χ1n) is 1.93. The van der Waals surface area contributed by atoms with Crippen LogP contribution in [0.3, 0.4) is 0 Å². The fourth-order valence-corrected chi connectivity index (χ4v) is 0.158. The Balaban J connectivity index is 3.02. The van der Waals surface area contributed by atoms with E-state index in [1.807, 2.05) is 13.0 Å². The third-order valence-corrected chi connectivity index (χ3v) is 0.416. The van der Waals surface area contributed by atoms with Gasteiger partial charge in [-0.2, -0.15) is 0 Å². The average molecular weight is 81.1 g/mol. The lowest BCUT2D eigenvalue weighted by Crippen LogP contribution is -1.44. The van der Waals surface area contributed by atoms with Crippen molar-refractivity contribution in [3.63, 3.8) is 0 Å². The fourth-order valence-electron chi connectivity index (χ4n) is 0.158. The van der Waals surface area contributed by atoms with Crippen LogP contribution in [0.15, 0.2) is 12.3 Å². The molecule has 6 heavy (non-hydrogen) atoms. The second-order valence-electron chi connectivity index (χ2n) is 0.922. The Morgan fingerprint density at radius 1 is 1.83 bits per heavy atom. The molecule has 0 saturated carbocycles. The number of hydrogen-bond acceptors (Lipinski definition) is 0. The van der Waals surface area contributed by atoms with Crippen molar-refractivity contribution in [2.75, 3.05) is 0 Å². The molecule has 0 aliphatic carbocycles. The summed E-state index contributed by atoms with van der Waals surface area (Å²) in [6.45, 7) is 8.25. The maximum atomic E-state index is 6.24. The average Bonchev–Trinajstić information content (AvgIpc) is 1.61. The predicted molar refractivity (Wildman–Crippen MR) is 26.0 cm³/mol. The van der Waals surface area contributed by atoms with Crippen molar-refractivity contribution in [2.24, 2.45) is 0 Å². The lowest BCUT2D eigenvalue weighted by atomic mass is 10.5. The van der Waals surface area contributed by atoms with Crippen molar-refractivity contribution in [1.29, 1.82) is 0 Å². The number of rotatable bonds is 1. The van der Waals surface area contributed by atoms with Crippen LogP contribution in [0.4, 0.5) is 0 Å². The highest BCUT2D eigenvalue weighted by atomic mass is 14.6. The van der Waals surface area contributed by atoms with E-state index in [2.05, 4.69) is 4.85 Å². The summed E-state index contributed by atoms with van der Waals surface area (Å²) in [5.41, 5.74) is 0. The van der Waals surface area contributed by atoms with Gasteiger partial charge in [0.15, 0.2) is 0 Å². The highest BCUT2D eigenvalue weighted by molar-refractivity contribution is 4.87. The van der Waals surface area contributed by atoms with Crippen LogP contribution in [-0.2, 0) is 0 Å². The largest absolute Gasteiger partial charge is 0.246 e. The smallest absolute Gasteiger partial charge is 0.150 e. The van der Waals surface area contributed by atoms with Crippen LogP contribution in [-0.4, -0.2) is 0 Å². The van der Waals surface area contributed by atoms with Crippen molar-refractivity contribution >= 4 is 0 Å². The summed E-state index contributed by atoms with van der Waals surface area (Å²) in [5, 5.41) is 0. The quantitative estimate of drug-likeness (QED) is 0.424. The van der Waals surface area contributed by atoms with E-state index in [1.165, 1.54) is 6.20 Å². The van der Waals surface area contributed by atoms with Crippen molar-refractivity contribution in [2.45, 2.75) is 13.3 Å². The van der Waals surface area contributed by atoms with Crippen LogP contribution in [0.2, 0.25) is 0 Å². The van der Waals surface area contributed by atoms with E-state index in [4.69, 9.17) is 6.57 Å². The Kier molecular flexibility index (Phi) is 3.69. The molecule has 0 saturated heterocycles. The molecule has 0 rings (SSSR count). The number of nitrogens with zero attached hydrogens (tertiary/aromatic N) is 1. The summed E-state index contributed by atoms with van der Waals surface area (Å²) in [6.07, 6.45) is 4.26. The van der Waals surface area contributed by atoms with Crippen molar-refractivity contribution in [3.8, 4) is 0 Å². The van der Waals surface area contributed by atoms with Gasteiger partial charge in [-0.05, 0) is 6.42 Å². The molecule has 32 valence electrons. The van der Waals surface area contributed by atoms with Crippen molar-refractivity contribution < 1.29 is 0 Å². The fraction of sp³-hybridized carbons (Fsp3) is 0.400. The highest BCUT2D eigenvalue weighted by Gasteiger charge is 1.56. The standard InChI is InChI=1S/C5H7N/c1-3-4-5-6-2/h4-5H,3H2,1H3/b5-4-. The van der Waals surface area contributed by atoms with Crippen molar-refractivity contribution in [3.05, 3.63) is 23.7 Å². The minimum absolute atomic E-state index is 0.961. The van der Waals surface area contributed by atoms with Gasteiger partial charge in [-0.1, -0.05) is 13.0 Å². The molecule has 0 aromatic rings. The van der Waals surface area contributed by atoms with E-state index in [-0.39, 0.29) is 0 Å². The van der Waals surface area contributed by atoms with Gasteiger partial charge in [-0.25, -0.2) is 4.85 Å². The van der Waals surface area contributed by atoms with Crippen LogP contribution >= 0.6 is 0 Å². The van der Waals surface area contributed by atoms with Gasteiger partial charge in [0.1, 0.15) is 6.20 Å². The molecule has 0 fully saturated rings. The zero-order valence-corrected chi connectivity index (χ0v) is 3.81. The molecule has 1 heteroatoms. The molecule has 0 atom stereocenters. The van der Waals surface area contributed by atoms with Gasteiger partial charge in [-0.3, -0.25) is 0 Å². The molecular weight excluding hydrogens is 74.1 g/mol. The highest BCUT2D eigenvalue weighted by Crippen LogP contribution is 1.76. The van der Waals surface area contributed by atoms with Gasteiger partial charge in [0, 0.05) is 0 Å². The molecule has 0 bridgehead atoms. The van der Waals surface area contributed by atoms with Crippen LogP contribution in [0, 0.1) is 6.57 Å². The number of hydrogen-bond donors (Lipinski definition) is 0. The van der Waals surface area contributed by atoms with Gasteiger partial charge >= 0.3 is 0 Å². The first-order chi connectivity index (χ1) is 2.91. The summed E-state index contributed by atoms with van der Waals surface area (Å²) in [6, 6.07) is 0. The summed E-state index contributed by atoms with van der Waals surface area (Å²) >= 11 is 0. The number of allylic oxidation sites excluding steroid dienone is 1. The molecule has 0 radical (unpaired) electrons. The monoisotopic (exact) mass is 81.1 g/mol. The molecule has 0 aromatic carbocycles. The van der Waals surface area contributed by atoms with Crippen LogP contribution in [0.5, 0.6) is 0 Å². The molecule has 0 heterocycles. The van der Waals surface area contributed by atoms with E-state index in [0.717, 1.165) is 6.42 Å². The molecule has 1 nitrogen and oxygen atoms in total. The normalized spacial score (nSPS) is 8.67. The predicted octanol–water partition coefficient (Wildman–Crippen LogP) is 1.83. The molecule has 0 spiro atoms. The van der Waals surface area contributed by atoms with E-state index in [1.54, 1.807) is 0 Å². The lowest BCUT2D eigenvalue weighted by Gasteiger charge is -1.64. The second-order valence-corrected chi connectivity index (χ2v) is 0.922. The second kappa shape index (κ2) is 4.23. The van der Waals surface area contributed by atoms with E-state index in [0.29, 0.717) is 0 Å². The Labute approximate surface area is 38.1 Å². The molecular formula is C5H7N. The molecule has 0 unspecified atom stereocenters. The molecule has 0 aromatic heterocycles. The minimum atomic E-state index is 0.961.